The van der Waals surface area contributed by atoms with Gasteiger partial charge in [-0.1, -0.05) is 30.3 Å². The number of hydrogen-bond acceptors (Lipinski definition) is 4. The number of likely N-dealkylation sites (tertiary alicyclic amines) is 1. The number of carbonyl (C=O) groups is 1. The molecule has 4 nitrogen and oxygen atoms in total. The predicted molar refractivity (Wildman–Crippen MR) is 90.9 cm³/mol. The first-order valence-corrected chi connectivity index (χ1v) is 8.48. The molecule has 1 saturated carbocycles. The summed E-state index contributed by atoms with van der Waals surface area (Å²) in [7, 11) is 0. The maximum absolute atomic E-state index is 12.5. The van der Waals surface area contributed by atoms with Crippen LogP contribution in [0.25, 0.3) is 0 Å². The molecule has 2 aliphatic rings. The Morgan fingerprint density at radius 2 is 1.96 bits per heavy atom. The van der Waals surface area contributed by atoms with Gasteiger partial charge in [-0.15, -0.1) is 0 Å². The van der Waals surface area contributed by atoms with Gasteiger partial charge in [-0.2, -0.15) is 0 Å². The van der Waals surface area contributed by atoms with Crippen molar-refractivity contribution in [2.24, 2.45) is 11.1 Å². The van der Waals surface area contributed by atoms with Crippen molar-refractivity contribution < 1.29 is 9.53 Å². The molecule has 1 aromatic rings. The Morgan fingerprint density at radius 1 is 1.30 bits per heavy atom. The van der Waals surface area contributed by atoms with E-state index in [4.69, 9.17) is 10.5 Å². The van der Waals surface area contributed by atoms with E-state index in [1.165, 1.54) is 5.56 Å². The Hall–Kier alpha value is -1.39. The number of carbonyl (C=O) groups excluding carboxylic acids is 1. The van der Waals surface area contributed by atoms with E-state index in [1.54, 1.807) is 0 Å². The SMILES string of the molecule is C[C@H](c1ccccc1)N1CCC2(C1)CC2(N)C(=O)OC(C)(C)C. The van der Waals surface area contributed by atoms with Crippen LogP contribution in [0.3, 0.4) is 0 Å². The zero-order valence-electron chi connectivity index (χ0n) is 14.6. The first kappa shape index (κ1) is 16.5. The molecule has 2 unspecified atom stereocenters. The Kier molecular flexibility index (Phi) is 3.81. The second kappa shape index (κ2) is 5.32. The van der Waals surface area contributed by atoms with E-state index in [0.717, 1.165) is 25.9 Å². The van der Waals surface area contributed by atoms with E-state index in [0.29, 0.717) is 6.04 Å². The molecule has 1 saturated heterocycles. The molecule has 4 heteroatoms. The minimum atomic E-state index is -0.800. The van der Waals surface area contributed by atoms with Crippen molar-refractivity contribution in [3.8, 4) is 0 Å². The number of rotatable bonds is 3. The average Bonchev–Trinajstić information content (AvgIpc) is 2.86. The van der Waals surface area contributed by atoms with Gasteiger partial charge in [0.15, 0.2) is 0 Å². The topological polar surface area (TPSA) is 55.6 Å². The van der Waals surface area contributed by atoms with Crippen LogP contribution in [0.1, 0.15) is 52.1 Å². The predicted octanol–water partition coefficient (Wildman–Crippen LogP) is 2.88. The van der Waals surface area contributed by atoms with Crippen molar-refractivity contribution in [1.82, 2.24) is 4.90 Å². The number of nitrogens with two attached hydrogens (primary N) is 1. The third-order valence-electron chi connectivity index (χ3n) is 5.41. The van der Waals surface area contributed by atoms with Gasteiger partial charge in [0.25, 0.3) is 0 Å². The van der Waals surface area contributed by atoms with Gasteiger partial charge in [-0.25, -0.2) is 0 Å². The molecule has 0 aromatic heterocycles. The Labute approximate surface area is 139 Å². The maximum atomic E-state index is 12.5. The van der Waals surface area contributed by atoms with Crippen molar-refractivity contribution in [3.05, 3.63) is 35.9 Å². The Bertz CT molecular complexity index is 595. The average molecular weight is 316 g/mol. The molecule has 1 aliphatic heterocycles. The molecule has 23 heavy (non-hydrogen) atoms. The summed E-state index contributed by atoms with van der Waals surface area (Å²) in [4.78, 5) is 14.9. The van der Waals surface area contributed by atoms with Crippen molar-refractivity contribution in [3.63, 3.8) is 0 Å². The van der Waals surface area contributed by atoms with Crippen LogP contribution in [-0.2, 0) is 9.53 Å². The Balaban J connectivity index is 1.68. The molecule has 0 amide bonds. The summed E-state index contributed by atoms with van der Waals surface area (Å²) >= 11 is 0. The normalized spacial score (nSPS) is 32.0. The third-order valence-corrected chi connectivity index (χ3v) is 5.41. The fourth-order valence-electron chi connectivity index (χ4n) is 3.83. The van der Waals surface area contributed by atoms with E-state index in [-0.39, 0.29) is 11.4 Å². The van der Waals surface area contributed by atoms with Gasteiger partial charge < -0.3 is 10.5 Å². The number of benzene rings is 1. The van der Waals surface area contributed by atoms with Crippen molar-refractivity contribution in [2.75, 3.05) is 13.1 Å². The van der Waals surface area contributed by atoms with Gasteiger partial charge in [-0.3, -0.25) is 9.69 Å². The molecule has 1 aliphatic carbocycles. The molecule has 3 atom stereocenters. The fourth-order valence-corrected chi connectivity index (χ4v) is 3.83. The second-order valence-electron chi connectivity index (χ2n) is 8.24. The zero-order valence-corrected chi connectivity index (χ0v) is 14.6. The van der Waals surface area contributed by atoms with Gasteiger partial charge in [0.05, 0.1) is 0 Å². The summed E-state index contributed by atoms with van der Waals surface area (Å²) < 4.78 is 5.55. The van der Waals surface area contributed by atoms with Crippen LogP contribution in [0, 0.1) is 5.41 Å². The molecule has 1 spiro atoms. The number of ether oxygens (including phenoxy) is 1. The second-order valence-corrected chi connectivity index (χ2v) is 8.24. The van der Waals surface area contributed by atoms with Crippen molar-refractivity contribution in [1.29, 1.82) is 0 Å². The highest BCUT2D eigenvalue weighted by Crippen LogP contribution is 2.61. The minimum Gasteiger partial charge on any atom is -0.459 e. The highest BCUT2D eigenvalue weighted by Gasteiger charge is 2.72. The monoisotopic (exact) mass is 316 g/mol. The largest absolute Gasteiger partial charge is 0.459 e. The molecule has 0 bridgehead atoms. The minimum absolute atomic E-state index is 0.0988. The summed E-state index contributed by atoms with van der Waals surface area (Å²) in [5.74, 6) is -0.237. The fraction of sp³-hybridized carbons (Fsp3) is 0.632. The summed E-state index contributed by atoms with van der Waals surface area (Å²) in [6.07, 6.45) is 1.72. The van der Waals surface area contributed by atoms with Crippen LogP contribution in [0.2, 0.25) is 0 Å². The van der Waals surface area contributed by atoms with Crippen LogP contribution in [0.15, 0.2) is 30.3 Å². The summed E-state index contributed by atoms with van der Waals surface area (Å²) in [6.45, 7) is 9.75. The van der Waals surface area contributed by atoms with Crippen LogP contribution in [0.5, 0.6) is 0 Å². The van der Waals surface area contributed by atoms with E-state index in [1.807, 2.05) is 26.8 Å². The summed E-state index contributed by atoms with van der Waals surface area (Å²) in [5, 5.41) is 0. The van der Waals surface area contributed by atoms with E-state index in [2.05, 4.69) is 36.1 Å². The lowest BCUT2D eigenvalue weighted by Crippen LogP contribution is -2.44. The number of nitrogens with zero attached hydrogens (tertiary/aromatic N) is 1. The van der Waals surface area contributed by atoms with Crippen molar-refractivity contribution >= 4 is 5.97 Å². The Morgan fingerprint density at radius 3 is 2.57 bits per heavy atom. The van der Waals surface area contributed by atoms with E-state index in [9.17, 15) is 4.79 Å². The highest BCUT2D eigenvalue weighted by molar-refractivity contribution is 5.86. The molecular formula is C19H28N2O2. The standard InChI is InChI=1S/C19H28N2O2/c1-14(15-8-6-5-7-9-15)21-11-10-18(13-21)12-19(18,20)16(22)23-17(2,3)4/h5-9,14H,10-13,20H2,1-4H3/t14-,18?,19?/m1/s1. The molecular weight excluding hydrogens is 288 g/mol. The summed E-state index contributed by atoms with van der Waals surface area (Å²) in [5.41, 5.74) is 6.37. The number of esters is 1. The maximum Gasteiger partial charge on any atom is 0.327 e. The van der Waals surface area contributed by atoms with Crippen LogP contribution in [-0.4, -0.2) is 35.1 Å². The quantitative estimate of drug-likeness (QED) is 0.871. The van der Waals surface area contributed by atoms with Gasteiger partial charge in [-0.05, 0) is 52.6 Å². The third kappa shape index (κ3) is 2.90. The molecule has 1 aromatic carbocycles. The molecule has 0 radical (unpaired) electrons. The lowest BCUT2D eigenvalue weighted by Gasteiger charge is -2.26. The molecule has 2 N–H and O–H groups in total. The molecule has 1 heterocycles. The van der Waals surface area contributed by atoms with Crippen LogP contribution in [0.4, 0.5) is 0 Å². The lowest BCUT2D eigenvalue weighted by molar-refractivity contribution is -0.158. The lowest BCUT2D eigenvalue weighted by atomic mass is 9.98. The molecule has 126 valence electrons. The smallest absolute Gasteiger partial charge is 0.327 e. The van der Waals surface area contributed by atoms with Gasteiger partial charge in [0, 0.05) is 18.0 Å². The zero-order chi connectivity index (χ0) is 16.9. The van der Waals surface area contributed by atoms with Crippen LogP contribution < -0.4 is 5.73 Å². The van der Waals surface area contributed by atoms with Gasteiger partial charge in [0.2, 0.25) is 0 Å². The molecule has 3 rings (SSSR count). The number of hydrogen-bond donors (Lipinski definition) is 1. The van der Waals surface area contributed by atoms with Crippen molar-refractivity contribution in [2.45, 2.75) is 57.7 Å². The van der Waals surface area contributed by atoms with E-state index >= 15 is 0 Å². The highest BCUT2D eigenvalue weighted by atomic mass is 16.6. The molecule has 2 fully saturated rings. The first-order valence-electron chi connectivity index (χ1n) is 8.48. The van der Waals surface area contributed by atoms with Crippen LogP contribution >= 0.6 is 0 Å². The van der Waals surface area contributed by atoms with Gasteiger partial charge >= 0.3 is 5.97 Å². The van der Waals surface area contributed by atoms with E-state index < -0.39 is 11.1 Å². The first-order chi connectivity index (χ1) is 10.7. The van der Waals surface area contributed by atoms with Gasteiger partial charge in [0.1, 0.15) is 11.1 Å². The summed E-state index contributed by atoms with van der Waals surface area (Å²) in [6, 6.07) is 10.8.